The summed E-state index contributed by atoms with van der Waals surface area (Å²) in [6, 6.07) is 6.69. The van der Waals surface area contributed by atoms with Crippen LogP contribution in [0.1, 0.15) is 38.0 Å². The molecule has 1 aromatic carbocycles. The molecule has 1 N–H and O–H groups in total. The minimum atomic E-state index is -0.919. The number of aliphatic carboxylic acids is 1. The third-order valence-electron chi connectivity index (χ3n) is 5.31. The summed E-state index contributed by atoms with van der Waals surface area (Å²) in [4.78, 5) is 30.2. The molecule has 2 fully saturated rings. The standard InChI is InChI=1S/C19H20N2O4/c22-18(10-9-17-20-13-6-2-4-8-16(13)25-17)21-14-7-3-1-5-12(14)11-15(21)19(23)24/h2,4,6,8-10,12,14-15H,1,3,5,7,11H2,(H,23,24)/b10-9+. The van der Waals surface area contributed by atoms with Crippen molar-refractivity contribution in [3.63, 3.8) is 0 Å². The summed E-state index contributed by atoms with van der Waals surface area (Å²) in [7, 11) is 0. The second kappa shape index (κ2) is 6.35. The first-order valence-electron chi connectivity index (χ1n) is 8.72. The van der Waals surface area contributed by atoms with Gasteiger partial charge in [-0.3, -0.25) is 4.79 Å². The Bertz CT molecular complexity index is 808. The highest BCUT2D eigenvalue weighted by Crippen LogP contribution is 2.40. The number of para-hydroxylation sites is 2. The van der Waals surface area contributed by atoms with Crippen LogP contribution >= 0.6 is 0 Å². The normalized spacial score (nSPS) is 26.2. The second-order valence-electron chi connectivity index (χ2n) is 6.80. The van der Waals surface area contributed by atoms with Crippen molar-refractivity contribution in [2.75, 3.05) is 0 Å². The van der Waals surface area contributed by atoms with Crippen LogP contribution in [0.2, 0.25) is 0 Å². The molecule has 3 atom stereocenters. The molecule has 0 radical (unpaired) electrons. The number of nitrogens with zero attached hydrogens (tertiary/aromatic N) is 2. The van der Waals surface area contributed by atoms with Crippen LogP contribution in [-0.4, -0.2) is 39.0 Å². The van der Waals surface area contributed by atoms with E-state index >= 15 is 0 Å². The summed E-state index contributed by atoms with van der Waals surface area (Å²) >= 11 is 0. The Morgan fingerprint density at radius 3 is 2.84 bits per heavy atom. The lowest BCUT2D eigenvalue weighted by Crippen LogP contribution is -2.45. The molecule has 130 valence electrons. The smallest absolute Gasteiger partial charge is 0.326 e. The maximum Gasteiger partial charge on any atom is 0.326 e. The number of hydrogen-bond donors (Lipinski definition) is 1. The Morgan fingerprint density at radius 2 is 2.04 bits per heavy atom. The summed E-state index contributed by atoms with van der Waals surface area (Å²) < 4.78 is 5.58. The number of fused-ring (bicyclic) bond motifs is 2. The molecule has 3 unspecified atom stereocenters. The van der Waals surface area contributed by atoms with Crippen molar-refractivity contribution >= 4 is 29.1 Å². The highest BCUT2D eigenvalue weighted by atomic mass is 16.4. The number of likely N-dealkylation sites (tertiary alicyclic amines) is 1. The average molecular weight is 340 g/mol. The fourth-order valence-corrected chi connectivity index (χ4v) is 4.19. The predicted molar refractivity (Wildman–Crippen MR) is 91.7 cm³/mol. The first kappa shape index (κ1) is 15.9. The molecule has 0 spiro atoms. The number of carboxylic acids is 1. The number of carbonyl (C=O) groups is 2. The van der Waals surface area contributed by atoms with Crippen molar-refractivity contribution in [3.8, 4) is 0 Å². The number of aromatic nitrogens is 1. The molecule has 1 amide bonds. The Labute approximate surface area is 145 Å². The van der Waals surface area contributed by atoms with Gasteiger partial charge >= 0.3 is 5.97 Å². The Hall–Kier alpha value is -2.63. The van der Waals surface area contributed by atoms with E-state index in [9.17, 15) is 14.7 Å². The lowest BCUT2D eigenvalue weighted by Gasteiger charge is -2.32. The van der Waals surface area contributed by atoms with Crippen LogP contribution in [-0.2, 0) is 9.59 Å². The van der Waals surface area contributed by atoms with E-state index in [4.69, 9.17) is 4.42 Å². The molecular weight excluding hydrogens is 320 g/mol. The molecule has 2 aliphatic rings. The van der Waals surface area contributed by atoms with Crippen LogP contribution in [0.3, 0.4) is 0 Å². The van der Waals surface area contributed by atoms with Crippen LogP contribution < -0.4 is 0 Å². The van der Waals surface area contributed by atoms with Gasteiger partial charge in [0.25, 0.3) is 0 Å². The lowest BCUT2D eigenvalue weighted by atomic mass is 9.85. The van der Waals surface area contributed by atoms with Crippen LogP contribution in [0.15, 0.2) is 34.8 Å². The monoisotopic (exact) mass is 340 g/mol. The van der Waals surface area contributed by atoms with Crippen molar-refractivity contribution in [1.29, 1.82) is 0 Å². The molecule has 2 aromatic rings. The van der Waals surface area contributed by atoms with Gasteiger partial charge in [0.05, 0.1) is 0 Å². The third-order valence-corrected chi connectivity index (χ3v) is 5.31. The summed E-state index contributed by atoms with van der Waals surface area (Å²) in [5.74, 6) is -0.542. The van der Waals surface area contributed by atoms with Gasteiger partial charge in [-0.2, -0.15) is 0 Å². The maximum absolute atomic E-state index is 12.7. The van der Waals surface area contributed by atoms with Gasteiger partial charge in [-0.05, 0) is 37.3 Å². The van der Waals surface area contributed by atoms with Crippen LogP contribution in [0, 0.1) is 5.92 Å². The Balaban J connectivity index is 1.56. The van der Waals surface area contributed by atoms with Gasteiger partial charge in [-0.15, -0.1) is 0 Å². The number of hydrogen-bond acceptors (Lipinski definition) is 4. The van der Waals surface area contributed by atoms with Gasteiger partial charge in [0.15, 0.2) is 5.58 Å². The van der Waals surface area contributed by atoms with Crippen molar-refractivity contribution in [3.05, 3.63) is 36.2 Å². The highest BCUT2D eigenvalue weighted by molar-refractivity contribution is 5.95. The van der Waals surface area contributed by atoms with Crippen molar-refractivity contribution < 1.29 is 19.1 Å². The molecule has 4 rings (SSSR count). The zero-order valence-corrected chi connectivity index (χ0v) is 13.8. The van der Waals surface area contributed by atoms with Crippen molar-refractivity contribution in [2.24, 2.45) is 5.92 Å². The number of oxazole rings is 1. The molecule has 0 bridgehead atoms. The maximum atomic E-state index is 12.7. The minimum Gasteiger partial charge on any atom is -0.480 e. The number of carbonyl (C=O) groups excluding carboxylic acids is 1. The van der Waals surface area contributed by atoms with Gasteiger partial charge in [-0.1, -0.05) is 25.0 Å². The summed E-state index contributed by atoms with van der Waals surface area (Å²) in [5, 5.41) is 9.51. The average Bonchev–Trinajstić information content (AvgIpc) is 3.20. The van der Waals surface area contributed by atoms with Gasteiger partial charge < -0.3 is 14.4 Å². The van der Waals surface area contributed by atoms with E-state index in [0.29, 0.717) is 23.8 Å². The topological polar surface area (TPSA) is 83.6 Å². The van der Waals surface area contributed by atoms with Gasteiger partial charge in [-0.25, -0.2) is 9.78 Å². The summed E-state index contributed by atoms with van der Waals surface area (Å²) in [6.07, 6.45) is 7.53. The van der Waals surface area contributed by atoms with E-state index < -0.39 is 12.0 Å². The summed E-state index contributed by atoms with van der Waals surface area (Å²) in [6.45, 7) is 0. The molecule has 1 saturated heterocycles. The molecule has 2 heterocycles. The largest absolute Gasteiger partial charge is 0.480 e. The number of carboxylic acid groups (broad SMARTS) is 1. The van der Waals surface area contributed by atoms with E-state index in [1.54, 1.807) is 4.90 Å². The quantitative estimate of drug-likeness (QED) is 0.868. The molecule has 6 heteroatoms. The van der Waals surface area contributed by atoms with E-state index in [1.807, 2.05) is 24.3 Å². The minimum absolute atomic E-state index is 0.0376. The molecule has 6 nitrogen and oxygen atoms in total. The van der Waals surface area contributed by atoms with E-state index in [1.165, 1.54) is 12.2 Å². The third kappa shape index (κ3) is 2.92. The zero-order chi connectivity index (χ0) is 17.4. The lowest BCUT2D eigenvalue weighted by molar-refractivity contribution is -0.147. The van der Waals surface area contributed by atoms with Crippen LogP contribution in [0.25, 0.3) is 17.2 Å². The van der Waals surface area contributed by atoms with Crippen LogP contribution in [0.5, 0.6) is 0 Å². The Morgan fingerprint density at radius 1 is 1.24 bits per heavy atom. The highest BCUT2D eigenvalue weighted by Gasteiger charge is 2.46. The fourth-order valence-electron chi connectivity index (χ4n) is 4.19. The second-order valence-corrected chi connectivity index (χ2v) is 6.80. The van der Waals surface area contributed by atoms with Crippen LogP contribution in [0.4, 0.5) is 0 Å². The predicted octanol–water partition coefficient (Wildman–Crippen LogP) is 3.09. The zero-order valence-electron chi connectivity index (χ0n) is 13.8. The van der Waals surface area contributed by atoms with Gasteiger partial charge in [0.1, 0.15) is 11.6 Å². The molecular formula is C19H20N2O4. The van der Waals surface area contributed by atoms with E-state index in [0.717, 1.165) is 31.2 Å². The molecule has 25 heavy (non-hydrogen) atoms. The van der Waals surface area contributed by atoms with Gasteiger partial charge in [0.2, 0.25) is 11.8 Å². The van der Waals surface area contributed by atoms with Gasteiger partial charge in [0, 0.05) is 18.2 Å². The SMILES string of the molecule is O=C(O)C1CC2CCCCC2N1C(=O)/C=C/c1nc2ccccc2o1. The first-order valence-corrected chi connectivity index (χ1v) is 8.72. The Kier molecular flexibility index (Phi) is 4.03. The summed E-state index contributed by atoms with van der Waals surface area (Å²) in [5.41, 5.74) is 1.39. The molecule has 1 saturated carbocycles. The van der Waals surface area contributed by atoms with Crippen molar-refractivity contribution in [2.45, 2.75) is 44.2 Å². The number of amides is 1. The molecule has 1 aliphatic carbocycles. The fraction of sp³-hybridized carbons (Fsp3) is 0.421. The number of benzene rings is 1. The van der Waals surface area contributed by atoms with E-state index in [2.05, 4.69) is 4.98 Å². The first-order chi connectivity index (χ1) is 12.1. The van der Waals surface area contributed by atoms with E-state index in [-0.39, 0.29) is 11.9 Å². The van der Waals surface area contributed by atoms with Crippen molar-refractivity contribution in [1.82, 2.24) is 9.88 Å². The molecule has 1 aromatic heterocycles. The molecule has 1 aliphatic heterocycles. The number of rotatable bonds is 3.